The van der Waals surface area contributed by atoms with Gasteiger partial charge in [0.1, 0.15) is 16.6 Å². The van der Waals surface area contributed by atoms with Crippen LogP contribution in [-0.4, -0.2) is 63.3 Å². The molecule has 0 aliphatic carbocycles. The van der Waals surface area contributed by atoms with Crippen molar-refractivity contribution in [3.05, 3.63) is 34.1 Å². The van der Waals surface area contributed by atoms with Crippen molar-refractivity contribution in [2.45, 2.75) is 56.6 Å². The lowest BCUT2D eigenvalue weighted by molar-refractivity contribution is -0.151. The molecule has 192 valence electrons. The van der Waals surface area contributed by atoms with E-state index in [0.29, 0.717) is 17.3 Å². The van der Waals surface area contributed by atoms with E-state index in [0.717, 1.165) is 11.0 Å². The minimum absolute atomic E-state index is 0.271. The van der Waals surface area contributed by atoms with Crippen LogP contribution in [0.2, 0.25) is 0 Å². The Morgan fingerprint density at radius 1 is 1.29 bits per heavy atom. The van der Waals surface area contributed by atoms with Crippen LogP contribution in [0.5, 0.6) is 0 Å². The summed E-state index contributed by atoms with van der Waals surface area (Å²) in [6.07, 6.45) is -2.05. The van der Waals surface area contributed by atoms with Crippen molar-refractivity contribution in [2.24, 2.45) is 5.92 Å². The number of carbonyl (C=O) groups excluding carboxylic acids is 4. The number of ether oxygens (including phenoxy) is 1. The Morgan fingerprint density at radius 3 is 2.51 bits per heavy atom. The largest absolute Gasteiger partial charge is 0.598 e. The molecule has 0 saturated carbocycles. The predicted molar refractivity (Wildman–Crippen MR) is 125 cm³/mol. The molecule has 2 aliphatic heterocycles. The summed E-state index contributed by atoms with van der Waals surface area (Å²) >= 11 is 1.21. The molecule has 13 heteroatoms. The summed E-state index contributed by atoms with van der Waals surface area (Å²) in [6.45, 7) is 5.32. The summed E-state index contributed by atoms with van der Waals surface area (Å²) in [4.78, 5) is 51.9. The van der Waals surface area contributed by atoms with E-state index in [9.17, 15) is 28.1 Å². The topological polar surface area (TPSA) is 128 Å². The molecule has 3 rings (SSSR count). The number of urea groups is 1. The Bertz CT molecular complexity index is 1020. The fraction of sp³-hybridized carbons (Fsp3) is 0.545. The average Bonchev–Trinajstić information content (AvgIpc) is 2.78. The monoisotopic (exact) mass is 577 g/mol. The lowest BCUT2D eigenvalue weighted by atomic mass is 9.89. The second kappa shape index (κ2) is 11.0. The SMILES string of the molecule is CC(C)(C)[S+]([O-])N[C@@H](c1cc(Br)ccc1F)[C@@H](F)C(=O)[C@@H]1C(=O)NC(=O)N(C2CCOCC2)C1=O. The maximum atomic E-state index is 15.8. The van der Waals surface area contributed by atoms with E-state index in [1.165, 1.54) is 12.1 Å². The van der Waals surface area contributed by atoms with Crippen molar-refractivity contribution in [1.82, 2.24) is 14.9 Å². The van der Waals surface area contributed by atoms with Gasteiger partial charge in [-0.05, 0) is 51.8 Å². The van der Waals surface area contributed by atoms with Crippen LogP contribution < -0.4 is 10.0 Å². The van der Waals surface area contributed by atoms with Gasteiger partial charge in [0.2, 0.25) is 5.91 Å². The first-order chi connectivity index (χ1) is 16.3. The van der Waals surface area contributed by atoms with E-state index in [4.69, 9.17) is 4.74 Å². The van der Waals surface area contributed by atoms with E-state index in [1.807, 2.05) is 5.32 Å². The highest BCUT2D eigenvalue weighted by molar-refractivity contribution is 9.10. The molecular formula is C22H26BrF2N3O6S. The van der Waals surface area contributed by atoms with Crippen molar-refractivity contribution >= 4 is 50.9 Å². The summed E-state index contributed by atoms with van der Waals surface area (Å²) in [6, 6.07) is 0.217. The van der Waals surface area contributed by atoms with Crippen molar-refractivity contribution < 1.29 is 37.2 Å². The second-order valence-electron chi connectivity index (χ2n) is 9.23. The van der Waals surface area contributed by atoms with Crippen LogP contribution in [-0.2, 0) is 30.5 Å². The molecule has 0 aromatic heterocycles. The Balaban J connectivity index is 1.95. The number of benzene rings is 1. The first-order valence-electron chi connectivity index (χ1n) is 10.9. The zero-order valence-corrected chi connectivity index (χ0v) is 21.7. The number of alkyl halides is 1. The van der Waals surface area contributed by atoms with Crippen LogP contribution >= 0.6 is 15.9 Å². The van der Waals surface area contributed by atoms with E-state index in [-0.39, 0.29) is 18.8 Å². The van der Waals surface area contributed by atoms with Gasteiger partial charge in [-0.15, -0.1) is 4.72 Å². The second-order valence-corrected chi connectivity index (χ2v) is 12.1. The molecule has 0 spiro atoms. The van der Waals surface area contributed by atoms with Gasteiger partial charge in [-0.2, -0.15) is 0 Å². The Kier molecular flexibility index (Phi) is 8.69. The fourth-order valence-corrected chi connectivity index (χ4v) is 4.99. The first-order valence-corrected chi connectivity index (χ1v) is 12.8. The summed E-state index contributed by atoms with van der Waals surface area (Å²) in [7, 11) is 0. The van der Waals surface area contributed by atoms with E-state index < -0.39 is 69.7 Å². The van der Waals surface area contributed by atoms with Gasteiger partial charge in [0.05, 0.1) is 0 Å². The molecule has 1 aromatic carbocycles. The molecule has 1 unspecified atom stereocenters. The smallest absolute Gasteiger partial charge is 0.331 e. The summed E-state index contributed by atoms with van der Waals surface area (Å²) < 4.78 is 50.4. The first kappa shape index (κ1) is 27.7. The summed E-state index contributed by atoms with van der Waals surface area (Å²) in [5.41, 5.74) is -0.321. The molecule has 35 heavy (non-hydrogen) atoms. The molecule has 0 radical (unpaired) electrons. The number of rotatable bonds is 7. The number of imide groups is 2. The van der Waals surface area contributed by atoms with E-state index in [2.05, 4.69) is 20.7 Å². The molecule has 4 atom stereocenters. The highest BCUT2D eigenvalue weighted by Crippen LogP contribution is 2.31. The standard InChI is InChI=1S/C22H26BrF2N3O6S/c1-22(2,3)35(33)27-17(13-10-11(23)4-5-14(13)24)16(25)18(29)15-19(30)26-21(32)28(20(15)31)12-6-8-34-9-7-12/h4-5,10,12,15-17,27H,6-9H2,1-3H3,(H,26,30,32)/t15-,16-,17+,35?/m1/s1. The third-order valence-corrected chi connectivity index (χ3v) is 7.76. The number of halogens is 3. The Hall–Kier alpha value is -1.93. The van der Waals surface area contributed by atoms with Crippen molar-refractivity contribution in [3.63, 3.8) is 0 Å². The van der Waals surface area contributed by atoms with Crippen molar-refractivity contribution in [1.29, 1.82) is 0 Å². The third kappa shape index (κ3) is 6.08. The third-order valence-electron chi connectivity index (χ3n) is 5.68. The predicted octanol–water partition coefficient (Wildman–Crippen LogP) is 2.46. The number of Topliss-reactive ketones (excluding diaryl/α,β-unsaturated/α-hetero) is 1. The van der Waals surface area contributed by atoms with Crippen LogP contribution in [0.1, 0.15) is 45.2 Å². The van der Waals surface area contributed by atoms with Gasteiger partial charge >= 0.3 is 6.03 Å². The highest BCUT2D eigenvalue weighted by Gasteiger charge is 2.51. The van der Waals surface area contributed by atoms with Gasteiger partial charge in [0.25, 0.3) is 5.91 Å². The molecular weight excluding hydrogens is 552 g/mol. The maximum Gasteiger partial charge on any atom is 0.331 e. The zero-order valence-electron chi connectivity index (χ0n) is 19.3. The van der Waals surface area contributed by atoms with Gasteiger partial charge < -0.3 is 9.29 Å². The molecule has 2 aliphatic rings. The maximum absolute atomic E-state index is 15.8. The molecule has 2 fully saturated rings. The lowest BCUT2D eigenvalue weighted by Gasteiger charge is -2.37. The minimum atomic E-state index is -2.64. The van der Waals surface area contributed by atoms with Crippen molar-refractivity contribution in [2.75, 3.05) is 13.2 Å². The molecule has 1 aromatic rings. The Labute approximate surface area is 212 Å². The number of amides is 4. The molecule has 0 bridgehead atoms. The molecule has 9 nitrogen and oxygen atoms in total. The fourth-order valence-electron chi connectivity index (χ4n) is 3.78. The highest BCUT2D eigenvalue weighted by atomic mass is 79.9. The number of hydrogen-bond acceptors (Lipinski definition) is 7. The molecule has 2 N–H and O–H groups in total. The van der Waals surface area contributed by atoms with Gasteiger partial charge in [0, 0.05) is 40.7 Å². The van der Waals surface area contributed by atoms with Crippen LogP contribution in [0.15, 0.2) is 22.7 Å². The number of ketones is 1. The van der Waals surface area contributed by atoms with Crippen LogP contribution in [0.3, 0.4) is 0 Å². The van der Waals surface area contributed by atoms with Crippen molar-refractivity contribution in [3.8, 4) is 0 Å². The van der Waals surface area contributed by atoms with Gasteiger partial charge in [-0.3, -0.25) is 24.6 Å². The molecule has 2 heterocycles. The van der Waals surface area contributed by atoms with E-state index in [1.54, 1.807) is 20.8 Å². The van der Waals surface area contributed by atoms with Crippen LogP contribution in [0.25, 0.3) is 0 Å². The van der Waals surface area contributed by atoms with Gasteiger partial charge in [-0.1, -0.05) is 15.9 Å². The van der Waals surface area contributed by atoms with E-state index >= 15 is 4.39 Å². The lowest BCUT2D eigenvalue weighted by Crippen LogP contribution is -2.64. The number of nitrogens with zero attached hydrogens (tertiary/aromatic N) is 1. The quantitative estimate of drug-likeness (QED) is 0.376. The molecule has 2 saturated heterocycles. The molecule has 4 amide bonds. The number of nitrogens with one attached hydrogen (secondary N) is 2. The number of hydrogen-bond donors (Lipinski definition) is 2. The van der Waals surface area contributed by atoms with Crippen LogP contribution in [0, 0.1) is 11.7 Å². The average molecular weight is 578 g/mol. The number of barbiturate groups is 1. The van der Waals surface area contributed by atoms with Gasteiger partial charge in [-0.25, -0.2) is 13.6 Å². The minimum Gasteiger partial charge on any atom is -0.598 e. The zero-order chi connectivity index (χ0) is 26.1. The summed E-state index contributed by atoms with van der Waals surface area (Å²) in [5, 5.41) is 1.94. The number of carbonyl (C=O) groups is 4. The van der Waals surface area contributed by atoms with Crippen LogP contribution in [0.4, 0.5) is 13.6 Å². The Morgan fingerprint density at radius 2 is 1.91 bits per heavy atom. The normalized spacial score (nSPS) is 22.5. The van der Waals surface area contributed by atoms with Gasteiger partial charge in [0.15, 0.2) is 17.9 Å². The summed E-state index contributed by atoms with van der Waals surface area (Å²) in [5.74, 6) is -6.93.